The summed E-state index contributed by atoms with van der Waals surface area (Å²) in [6.45, 7) is 4.79. The lowest BCUT2D eigenvalue weighted by molar-refractivity contribution is -0.130. The molecule has 2 aromatic heterocycles. The highest BCUT2D eigenvalue weighted by molar-refractivity contribution is 5.78. The lowest BCUT2D eigenvalue weighted by Crippen LogP contribution is -2.49. The molecule has 0 atom stereocenters. The van der Waals surface area contributed by atoms with Crippen molar-refractivity contribution in [2.45, 2.75) is 13.3 Å². The van der Waals surface area contributed by atoms with Crippen LogP contribution >= 0.6 is 0 Å². The second kappa shape index (κ2) is 7.42. The third kappa shape index (κ3) is 4.20. The number of rotatable bonds is 4. The van der Waals surface area contributed by atoms with E-state index in [9.17, 15) is 4.79 Å². The molecule has 1 amide bonds. The largest absolute Gasteiger partial charge is 0.361 e. The molecule has 132 valence electrons. The number of carbonyl (C=O) groups excluding carboxylic acids is 1. The summed E-state index contributed by atoms with van der Waals surface area (Å²) >= 11 is 0. The maximum atomic E-state index is 12.5. The highest BCUT2D eigenvalue weighted by Crippen LogP contribution is 2.13. The highest BCUT2D eigenvalue weighted by atomic mass is 16.2. The molecule has 0 spiro atoms. The lowest BCUT2D eigenvalue weighted by Gasteiger charge is -2.35. The highest BCUT2D eigenvalue weighted by Gasteiger charge is 2.22. The van der Waals surface area contributed by atoms with E-state index in [1.807, 2.05) is 55.1 Å². The Morgan fingerprint density at radius 1 is 1.00 bits per heavy atom. The first-order valence-electron chi connectivity index (χ1n) is 8.36. The van der Waals surface area contributed by atoms with Gasteiger partial charge in [-0.2, -0.15) is 10.2 Å². The van der Waals surface area contributed by atoms with Gasteiger partial charge in [-0.05, 0) is 31.2 Å². The monoisotopic (exact) mass is 341 g/mol. The van der Waals surface area contributed by atoms with Gasteiger partial charge < -0.3 is 14.7 Å². The molecule has 0 saturated carbocycles. The van der Waals surface area contributed by atoms with Crippen molar-refractivity contribution in [2.24, 2.45) is 0 Å². The number of aryl methyl sites for hydroxylation is 1. The Labute approximate surface area is 147 Å². The Morgan fingerprint density at radius 3 is 2.32 bits per heavy atom. The molecular formula is C17H23N7O. The van der Waals surface area contributed by atoms with E-state index in [0.29, 0.717) is 18.8 Å². The Morgan fingerprint density at radius 2 is 1.76 bits per heavy atom. The maximum Gasteiger partial charge on any atom is 0.228 e. The molecule has 1 fully saturated rings. The van der Waals surface area contributed by atoms with Gasteiger partial charge in [0.05, 0.1) is 17.8 Å². The predicted molar refractivity (Wildman–Crippen MR) is 95.6 cm³/mol. The van der Waals surface area contributed by atoms with Crippen molar-refractivity contribution in [1.82, 2.24) is 25.3 Å². The first-order valence-corrected chi connectivity index (χ1v) is 8.36. The smallest absolute Gasteiger partial charge is 0.228 e. The average molecular weight is 341 g/mol. The Kier molecular flexibility index (Phi) is 5.06. The van der Waals surface area contributed by atoms with Gasteiger partial charge in [-0.1, -0.05) is 0 Å². The first-order chi connectivity index (χ1) is 12.0. The number of nitrogens with zero attached hydrogens (tertiary/aromatic N) is 7. The zero-order chi connectivity index (χ0) is 17.8. The van der Waals surface area contributed by atoms with Gasteiger partial charge in [0.2, 0.25) is 5.91 Å². The van der Waals surface area contributed by atoms with Crippen molar-refractivity contribution in [3.8, 4) is 0 Å². The average Bonchev–Trinajstić information content (AvgIpc) is 2.63. The van der Waals surface area contributed by atoms with Crippen LogP contribution in [0.2, 0.25) is 0 Å². The van der Waals surface area contributed by atoms with Crippen LogP contribution in [0.25, 0.3) is 0 Å². The third-order valence-electron chi connectivity index (χ3n) is 4.24. The number of carbonyl (C=O) groups is 1. The molecule has 0 N–H and O–H groups in total. The van der Waals surface area contributed by atoms with Crippen molar-refractivity contribution in [3.63, 3.8) is 0 Å². The van der Waals surface area contributed by atoms with Crippen LogP contribution < -0.4 is 9.80 Å². The molecule has 3 heterocycles. The quantitative estimate of drug-likeness (QED) is 0.803. The molecule has 0 radical (unpaired) electrons. The molecule has 1 aliphatic rings. The van der Waals surface area contributed by atoms with Crippen molar-refractivity contribution in [3.05, 3.63) is 35.7 Å². The first kappa shape index (κ1) is 17.1. The molecular weight excluding hydrogens is 318 g/mol. The zero-order valence-electron chi connectivity index (χ0n) is 14.9. The van der Waals surface area contributed by atoms with Crippen molar-refractivity contribution >= 4 is 17.5 Å². The van der Waals surface area contributed by atoms with Crippen LogP contribution in [0, 0.1) is 6.92 Å². The van der Waals surface area contributed by atoms with E-state index >= 15 is 0 Å². The van der Waals surface area contributed by atoms with Crippen molar-refractivity contribution < 1.29 is 4.79 Å². The van der Waals surface area contributed by atoms with Crippen LogP contribution in [0.1, 0.15) is 11.4 Å². The van der Waals surface area contributed by atoms with Crippen LogP contribution in [0.3, 0.4) is 0 Å². The molecule has 8 nitrogen and oxygen atoms in total. The molecule has 8 heteroatoms. The van der Waals surface area contributed by atoms with Gasteiger partial charge in [-0.3, -0.25) is 4.79 Å². The fraction of sp³-hybridized carbons (Fsp3) is 0.471. The molecule has 0 unspecified atom stereocenters. The molecule has 1 aliphatic heterocycles. The summed E-state index contributed by atoms with van der Waals surface area (Å²) < 4.78 is 0. The molecule has 0 aliphatic carbocycles. The van der Waals surface area contributed by atoms with Gasteiger partial charge >= 0.3 is 0 Å². The Balaban J connectivity index is 1.53. The van der Waals surface area contributed by atoms with Gasteiger partial charge in [0.15, 0.2) is 11.6 Å². The van der Waals surface area contributed by atoms with Crippen molar-refractivity contribution in [2.75, 3.05) is 50.1 Å². The summed E-state index contributed by atoms with van der Waals surface area (Å²) in [6, 6.07) is 7.67. The van der Waals surface area contributed by atoms with Gasteiger partial charge in [0, 0.05) is 40.3 Å². The normalized spacial score (nSPS) is 14.5. The second-order valence-corrected chi connectivity index (χ2v) is 6.35. The second-order valence-electron chi connectivity index (χ2n) is 6.35. The molecule has 0 aromatic carbocycles. The van der Waals surface area contributed by atoms with Gasteiger partial charge in [0.1, 0.15) is 0 Å². The molecule has 2 aromatic rings. The number of hydrogen-bond donors (Lipinski definition) is 0. The van der Waals surface area contributed by atoms with E-state index < -0.39 is 0 Å². The fourth-order valence-electron chi connectivity index (χ4n) is 2.70. The number of aromatic nitrogens is 4. The van der Waals surface area contributed by atoms with E-state index in [4.69, 9.17) is 0 Å². The Hall–Kier alpha value is -2.77. The summed E-state index contributed by atoms with van der Waals surface area (Å²) in [7, 11) is 3.82. The molecule has 1 saturated heterocycles. The number of hydrogen-bond acceptors (Lipinski definition) is 7. The summed E-state index contributed by atoms with van der Waals surface area (Å²) in [5.74, 6) is 1.73. The topological polar surface area (TPSA) is 78.4 Å². The summed E-state index contributed by atoms with van der Waals surface area (Å²) in [5.41, 5.74) is 1.60. The van der Waals surface area contributed by atoms with E-state index in [0.717, 1.165) is 30.4 Å². The minimum atomic E-state index is 0.0848. The molecule has 25 heavy (non-hydrogen) atoms. The number of amides is 1. The van der Waals surface area contributed by atoms with E-state index in [1.165, 1.54) is 0 Å². The number of anilines is 2. The van der Waals surface area contributed by atoms with Crippen LogP contribution in [-0.2, 0) is 11.2 Å². The number of piperazine rings is 1. The van der Waals surface area contributed by atoms with E-state index in [1.54, 1.807) is 0 Å². The maximum absolute atomic E-state index is 12.5. The fourth-order valence-corrected chi connectivity index (χ4v) is 2.70. The minimum absolute atomic E-state index is 0.0848. The summed E-state index contributed by atoms with van der Waals surface area (Å²) in [6.07, 6.45) is 0.283. The van der Waals surface area contributed by atoms with Crippen LogP contribution in [-0.4, -0.2) is 71.5 Å². The molecule has 0 bridgehead atoms. The standard InChI is InChI=1S/C17H23N7O/c1-13-4-6-16(21-18-13)23-8-10-24(11-9-23)17(25)12-14-5-7-15(20-19-14)22(2)3/h4-7H,8-12H2,1-3H3. The van der Waals surface area contributed by atoms with Crippen LogP contribution in [0.5, 0.6) is 0 Å². The van der Waals surface area contributed by atoms with E-state index in [-0.39, 0.29) is 12.3 Å². The SMILES string of the molecule is Cc1ccc(N2CCN(C(=O)Cc3ccc(N(C)C)nn3)CC2)nn1. The van der Waals surface area contributed by atoms with Gasteiger partial charge in [-0.25, -0.2) is 0 Å². The Bertz CT molecular complexity index is 707. The van der Waals surface area contributed by atoms with E-state index in [2.05, 4.69) is 25.3 Å². The van der Waals surface area contributed by atoms with Crippen LogP contribution in [0.15, 0.2) is 24.3 Å². The van der Waals surface area contributed by atoms with Crippen LogP contribution in [0.4, 0.5) is 11.6 Å². The van der Waals surface area contributed by atoms with Gasteiger partial charge in [-0.15, -0.1) is 10.2 Å². The summed E-state index contributed by atoms with van der Waals surface area (Å²) in [5, 5.41) is 16.6. The lowest BCUT2D eigenvalue weighted by atomic mass is 10.2. The van der Waals surface area contributed by atoms with Crippen molar-refractivity contribution in [1.29, 1.82) is 0 Å². The third-order valence-corrected chi connectivity index (χ3v) is 4.24. The summed E-state index contributed by atoms with van der Waals surface area (Å²) in [4.78, 5) is 18.4. The predicted octanol–water partition coefficient (Wildman–Crippen LogP) is 0.532. The van der Waals surface area contributed by atoms with Gasteiger partial charge in [0.25, 0.3) is 0 Å². The minimum Gasteiger partial charge on any atom is -0.361 e. The molecule has 3 rings (SSSR count). The zero-order valence-corrected chi connectivity index (χ0v) is 14.9.